The summed E-state index contributed by atoms with van der Waals surface area (Å²) in [6, 6.07) is 5.59. The summed E-state index contributed by atoms with van der Waals surface area (Å²) in [6.45, 7) is 1.59. The molecule has 0 saturated heterocycles. The topological polar surface area (TPSA) is 95.6 Å². The summed E-state index contributed by atoms with van der Waals surface area (Å²) in [4.78, 5) is 11.6. The van der Waals surface area contributed by atoms with Crippen LogP contribution in [-0.2, 0) is 11.2 Å². The van der Waals surface area contributed by atoms with E-state index in [2.05, 4.69) is 5.32 Å². The summed E-state index contributed by atoms with van der Waals surface area (Å²) >= 11 is 0. The van der Waals surface area contributed by atoms with Gasteiger partial charge in [-0.25, -0.2) is 0 Å². The number of rotatable bonds is 5. The highest BCUT2D eigenvalue weighted by Gasteiger charge is 2.15. The maximum absolute atomic E-state index is 11.6. The first-order chi connectivity index (χ1) is 8.02. The van der Waals surface area contributed by atoms with Gasteiger partial charge in [-0.1, -0.05) is 12.1 Å². The molecule has 0 aromatic heterocycles. The largest absolute Gasteiger partial charge is 0.508 e. The Morgan fingerprint density at radius 1 is 1.41 bits per heavy atom. The minimum atomic E-state index is -0.659. The Morgan fingerprint density at radius 2 is 2.00 bits per heavy atom. The predicted octanol–water partition coefficient (Wildman–Crippen LogP) is -0.241. The molecule has 94 valence electrons. The van der Waals surface area contributed by atoms with Crippen molar-refractivity contribution < 1.29 is 15.0 Å². The maximum Gasteiger partial charge on any atom is 0.237 e. The number of aliphatic hydroxyl groups is 1. The van der Waals surface area contributed by atoms with Gasteiger partial charge in [-0.05, 0) is 31.0 Å². The molecule has 5 nitrogen and oxygen atoms in total. The molecular formula is C12H18N2O3. The lowest BCUT2D eigenvalue weighted by Crippen LogP contribution is -2.46. The summed E-state index contributed by atoms with van der Waals surface area (Å²) in [7, 11) is 0. The molecule has 0 heterocycles. The second-order valence-corrected chi connectivity index (χ2v) is 4.07. The number of nitrogens with two attached hydrogens (primary N) is 1. The molecular weight excluding hydrogens is 220 g/mol. The molecule has 0 aliphatic carbocycles. The number of hydrogen-bond donors (Lipinski definition) is 4. The van der Waals surface area contributed by atoms with Crippen molar-refractivity contribution in [3.8, 4) is 5.75 Å². The Labute approximate surface area is 100 Å². The minimum Gasteiger partial charge on any atom is -0.508 e. The van der Waals surface area contributed by atoms with Crippen LogP contribution in [0.15, 0.2) is 24.3 Å². The summed E-state index contributed by atoms with van der Waals surface area (Å²) in [5, 5.41) is 20.5. The number of carbonyl (C=O) groups excluding carboxylic acids is 1. The van der Waals surface area contributed by atoms with Gasteiger partial charge >= 0.3 is 0 Å². The third-order valence-electron chi connectivity index (χ3n) is 2.39. The van der Waals surface area contributed by atoms with Crippen LogP contribution in [0.5, 0.6) is 5.75 Å². The Balaban J connectivity index is 2.51. The lowest BCUT2D eigenvalue weighted by molar-refractivity contribution is -0.123. The minimum absolute atomic E-state index is 0.113. The summed E-state index contributed by atoms with van der Waals surface area (Å²) in [6.07, 6.45) is 0.393. The average Bonchev–Trinajstić information content (AvgIpc) is 2.31. The molecule has 0 radical (unpaired) electrons. The van der Waals surface area contributed by atoms with Crippen LogP contribution in [0.4, 0.5) is 0 Å². The van der Waals surface area contributed by atoms with Gasteiger partial charge < -0.3 is 21.3 Å². The second-order valence-electron chi connectivity index (χ2n) is 4.07. The van der Waals surface area contributed by atoms with Crippen LogP contribution in [0.25, 0.3) is 0 Å². The standard InChI is InChI=1S/C12H18N2O3/c1-8(7-15)14-12(17)11(13)6-9-2-4-10(16)5-3-9/h2-5,8,11,15-16H,6-7,13H2,1H3,(H,14,17)/t8-,11+/m0/s1. The zero-order valence-corrected chi connectivity index (χ0v) is 9.76. The molecule has 5 N–H and O–H groups in total. The normalized spacial score (nSPS) is 14.1. The van der Waals surface area contributed by atoms with E-state index < -0.39 is 6.04 Å². The number of carbonyl (C=O) groups is 1. The third kappa shape index (κ3) is 4.42. The van der Waals surface area contributed by atoms with Crippen molar-refractivity contribution in [2.45, 2.75) is 25.4 Å². The van der Waals surface area contributed by atoms with Crippen LogP contribution in [0.1, 0.15) is 12.5 Å². The van der Waals surface area contributed by atoms with Crippen molar-refractivity contribution >= 4 is 5.91 Å². The van der Waals surface area contributed by atoms with E-state index >= 15 is 0 Å². The molecule has 0 spiro atoms. The first kappa shape index (κ1) is 13.5. The fourth-order valence-electron chi connectivity index (χ4n) is 1.37. The van der Waals surface area contributed by atoms with Crippen LogP contribution in [0.2, 0.25) is 0 Å². The fourth-order valence-corrected chi connectivity index (χ4v) is 1.37. The number of aromatic hydroxyl groups is 1. The van der Waals surface area contributed by atoms with Crippen molar-refractivity contribution in [2.24, 2.45) is 5.73 Å². The quantitative estimate of drug-likeness (QED) is 0.569. The van der Waals surface area contributed by atoms with Crippen LogP contribution < -0.4 is 11.1 Å². The number of phenols is 1. The van der Waals surface area contributed by atoms with Crippen LogP contribution in [0.3, 0.4) is 0 Å². The maximum atomic E-state index is 11.6. The van der Waals surface area contributed by atoms with E-state index in [0.717, 1.165) is 5.56 Å². The average molecular weight is 238 g/mol. The molecule has 0 fully saturated rings. The molecule has 0 saturated carbocycles. The van der Waals surface area contributed by atoms with Gasteiger partial charge in [-0.3, -0.25) is 4.79 Å². The van der Waals surface area contributed by atoms with Crippen molar-refractivity contribution in [3.63, 3.8) is 0 Å². The van der Waals surface area contributed by atoms with Gasteiger partial charge in [0.25, 0.3) is 0 Å². The van der Waals surface area contributed by atoms with Gasteiger partial charge in [0.05, 0.1) is 12.6 Å². The van der Waals surface area contributed by atoms with Crippen molar-refractivity contribution in [2.75, 3.05) is 6.61 Å². The molecule has 0 unspecified atom stereocenters. The van der Waals surface area contributed by atoms with E-state index in [1.807, 2.05) is 0 Å². The zero-order valence-electron chi connectivity index (χ0n) is 9.76. The smallest absolute Gasteiger partial charge is 0.237 e. The Kier molecular flexibility index (Phi) is 4.93. The van der Waals surface area contributed by atoms with Crippen LogP contribution in [-0.4, -0.2) is 34.8 Å². The summed E-state index contributed by atoms with van der Waals surface area (Å²) < 4.78 is 0. The monoisotopic (exact) mass is 238 g/mol. The van der Waals surface area contributed by atoms with Gasteiger partial charge in [0, 0.05) is 6.04 Å². The zero-order chi connectivity index (χ0) is 12.8. The number of aliphatic hydroxyl groups excluding tert-OH is 1. The van der Waals surface area contributed by atoms with E-state index in [4.69, 9.17) is 15.9 Å². The van der Waals surface area contributed by atoms with E-state index in [-0.39, 0.29) is 24.3 Å². The fraction of sp³-hybridized carbons (Fsp3) is 0.417. The number of hydrogen-bond acceptors (Lipinski definition) is 4. The summed E-state index contributed by atoms with van der Waals surface area (Å²) in [5.74, 6) is -0.111. The second kappa shape index (κ2) is 6.22. The first-order valence-electron chi connectivity index (χ1n) is 5.47. The molecule has 1 aromatic rings. The molecule has 0 aliphatic heterocycles. The van der Waals surface area contributed by atoms with Crippen LogP contribution >= 0.6 is 0 Å². The van der Waals surface area contributed by atoms with Crippen LogP contribution in [0, 0.1) is 0 Å². The van der Waals surface area contributed by atoms with Gasteiger partial charge in [0.2, 0.25) is 5.91 Å². The molecule has 0 bridgehead atoms. The molecule has 1 aromatic carbocycles. The Hall–Kier alpha value is -1.59. The number of phenolic OH excluding ortho intramolecular Hbond substituents is 1. The highest BCUT2D eigenvalue weighted by Crippen LogP contribution is 2.10. The van der Waals surface area contributed by atoms with Crippen molar-refractivity contribution in [3.05, 3.63) is 29.8 Å². The van der Waals surface area contributed by atoms with Gasteiger partial charge in [0.1, 0.15) is 5.75 Å². The van der Waals surface area contributed by atoms with E-state index in [9.17, 15) is 4.79 Å². The molecule has 17 heavy (non-hydrogen) atoms. The van der Waals surface area contributed by atoms with Gasteiger partial charge in [-0.2, -0.15) is 0 Å². The molecule has 1 amide bonds. The van der Waals surface area contributed by atoms with E-state index in [1.54, 1.807) is 31.2 Å². The SMILES string of the molecule is C[C@@H](CO)NC(=O)[C@H](N)Cc1ccc(O)cc1. The highest BCUT2D eigenvalue weighted by atomic mass is 16.3. The molecule has 0 aliphatic rings. The molecule has 1 rings (SSSR count). The van der Waals surface area contributed by atoms with Gasteiger partial charge in [0.15, 0.2) is 0 Å². The third-order valence-corrected chi connectivity index (χ3v) is 2.39. The van der Waals surface area contributed by atoms with Crippen molar-refractivity contribution in [1.29, 1.82) is 0 Å². The molecule has 2 atom stereocenters. The lowest BCUT2D eigenvalue weighted by atomic mass is 10.1. The van der Waals surface area contributed by atoms with Gasteiger partial charge in [-0.15, -0.1) is 0 Å². The highest BCUT2D eigenvalue weighted by molar-refractivity contribution is 5.82. The Morgan fingerprint density at radius 3 is 2.53 bits per heavy atom. The number of nitrogens with one attached hydrogen (secondary N) is 1. The van der Waals surface area contributed by atoms with Crippen molar-refractivity contribution in [1.82, 2.24) is 5.32 Å². The Bertz CT molecular complexity index is 365. The summed E-state index contributed by atoms with van der Waals surface area (Å²) in [5.41, 5.74) is 6.61. The first-order valence-corrected chi connectivity index (χ1v) is 5.47. The predicted molar refractivity (Wildman–Crippen MR) is 64.5 cm³/mol. The number of amides is 1. The van der Waals surface area contributed by atoms with E-state index in [1.165, 1.54) is 0 Å². The lowest BCUT2D eigenvalue weighted by Gasteiger charge is -2.15. The van der Waals surface area contributed by atoms with E-state index in [0.29, 0.717) is 6.42 Å². The molecule has 5 heteroatoms. The number of benzene rings is 1.